The van der Waals surface area contributed by atoms with E-state index < -0.39 is 6.10 Å². The Morgan fingerprint density at radius 2 is 2.11 bits per heavy atom. The molecule has 1 atom stereocenters. The summed E-state index contributed by atoms with van der Waals surface area (Å²) < 4.78 is 16.4. The van der Waals surface area contributed by atoms with Crippen molar-refractivity contribution in [3.05, 3.63) is 45.8 Å². The van der Waals surface area contributed by atoms with Crippen molar-refractivity contribution in [2.24, 2.45) is 0 Å². The number of rotatable bonds is 12. The third-order valence-corrected chi connectivity index (χ3v) is 7.05. The van der Waals surface area contributed by atoms with E-state index in [1.54, 1.807) is 7.11 Å². The molecule has 0 saturated carbocycles. The zero-order valence-corrected chi connectivity index (χ0v) is 22.1. The van der Waals surface area contributed by atoms with Gasteiger partial charge in [-0.05, 0) is 31.5 Å². The third-order valence-electron chi connectivity index (χ3n) is 6.17. The molecular formula is C26H36N4O5S. The fourth-order valence-corrected chi connectivity index (χ4v) is 5.25. The second-order valence-corrected chi connectivity index (χ2v) is 10.2. The van der Waals surface area contributed by atoms with Gasteiger partial charge in [0.25, 0.3) is 5.56 Å². The average molecular weight is 517 g/mol. The summed E-state index contributed by atoms with van der Waals surface area (Å²) in [6.07, 6.45) is -0.576. The van der Waals surface area contributed by atoms with Crippen LogP contribution < -0.4 is 10.3 Å². The van der Waals surface area contributed by atoms with E-state index in [0.717, 1.165) is 56.3 Å². The summed E-state index contributed by atoms with van der Waals surface area (Å²) >= 11 is 1.46. The Balaban J connectivity index is 1.52. The predicted octanol–water partition coefficient (Wildman–Crippen LogP) is 2.58. The molecule has 0 radical (unpaired) electrons. The number of morpholine rings is 1. The van der Waals surface area contributed by atoms with Crippen molar-refractivity contribution in [2.75, 3.05) is 59.7 Å². The Morgan fingerprint density at radius 1 is 1.31 bits per heavy atom. The predicted molar refractivity (Wildman–Crippen MR) is 142 cm³/mol. The fourth-order valence-electron chi connectivity index (χ4n) is 4.28. The van der Waals surface area contributed by atoms with Crippen LogP contribution >= 0.6 is 11.3 Å². The molecular weight excluding hydrogens is 480 g/mol. The molecule has 9 nitrogen and oxygen atoms in total. The van der Waals surface area contributed by atoms with Crippen molar-refractivity contribution in [1.82, 2.24) is 19.8 Å². The van der Waals surface area contributed by atoms with Gasteiger partial charge in [0.05, 0.1) is 51.1 Å². The molecule has 3 aromatic rings. The van der Waals surface area contributed by atoms with E-state index >= 15 is 0 Å². The minimum Gasteiger partial charge on any atom is -0.497 e. The van der Waals surface area contributed by atoms with Crippen LogP contribution in [-0.4, -0.2) is 96.7 Å². The summed E-state index contributed by atoms with van der Waals surface area (Å²) in [6, 6.07) is 7.67. The first kappa shape index (κ1) is 26.7. The SMILES string of the molecule is COc1cccc(-c2csc3nc(CN(CCN4CCOCC4)CC(O)COC(C)C)[nH]c(=O)c23)c1. The number of thiophene rings is 1. The first-order valence-corrected chi connectivity index (χ1v) is 13.3. The number of nitrogens with one attached hydrogen (secondary N) is 1. The van der Waals surface area contributed by atoms with Gasteiger partial charge in [-0.3, -0.25) is 14.6 Å². The molecule has 2 N–H and O–H groups in total. The molecule has 36 heavy (non-hydrogen) atoms. The first-order valence-electron chi connectivity index (χ1n) is 12.4. The Bertz CT molecular complexity index is 1170. The van der Waals surface area contributed by atoms with Crippen LogP contribution in [0.15, 0.2) is 34.4 Å². The summed E-state index contributed by atoms with van der Waals surface area (Å²) in [6.45, 7) is 9.90. The van der Waals surface area contributed by atoms with E-state index in [1.807, 2.05) is 43.5 Å². The highest BCUT2D eigenvalue weighted by Gasteiger charge is 2.19. The van der Waals surface area contributed by atoms with Gasteiger partial charge in [0, 0.05) is 43.7 Å². The monoisotopic (exact) mass is 516 g/mol. The van der Waals surface area contributed by atoms with E-state index in [9.17, 15) is 9.90 Å². The number of aliphatic hydroxyl groups excluding tert-OH is 1. The number of fused-ring (bicyclic) bond motifs is 1. The minimum absolute atomic E-state index is 0.0551. The normalized spacial score (nSPS) is 15.7. The van der Waals surface area contributed by atoms with Crippen molar-refractivity contribution in [3.63, 3.8) is 0 Å². The van der Waals surface area contributed by atoms with Crippen LogP contribution in [0.25, 0.3) is 21.3 Å². The second-order valence-electron chi connectivity index (χ2n) is 9.30. The Kier molecular flexibility index (Phi) is 9.47. The van der Waals surface area contributed by atoms with E-state index in [2.05, 4.69) is 14.8 Å². The molecule has 1 saturated heterocycles. The molecule has 0 amide bonds. The number of ether oxygens (including phenoxy) is 3. The van der Waals surface area contributed by atoms with Gasteiger partial charge >= 0.3 is 0 Å². The minimum atomic E-state index is -0.631. The van der Waals surface area contributed by atoms with Gasteiger partial charge in [0.1, 0.15) is 16.4 Å². The standard InChI is InChI=1S/C26H36N4O5S/c1-18(2)35-16-20(31)14-30(8-7-29-9-11-34-12-10-29)15-23-27-25(32)24-22(17-36-26(24)28-23)19-5-4-6-21(13-19)33-3/h4-6,13,17-18,20,31H,7-12,14-16H2,1-3H3,(H,27,28,32). The van der Waals surface area contributed by atoms with Gasteiger partial charge in [-0.15, -0.1) is 11.3 Å². The number of hydrogen-bond acceptors (Lipinski definition) is 9. The summed E-state index contributed by atoms with van der Waals surface area (Å²) in [5, 5.41) is 13.1. The topological polar surface area (TPSA) is 100 Å². The van der Waals surface area contributed by atoms with Gasteiger partial charge in [-0.1, -0.05) is 12.1 Å². The lowest BCUT2D eigenvalue weighted by molar-refractivity contribution is -0.0132. The quantitative estimate of drug-likeness (QED) is 0.379. The molecule has 4 rings (SSSR count). The highest BCUT2D eigenvalue weighted by atomic mass is 32.1. The molecule has 10 heteroatoms. The lowest BCUT2D eigenvalue weighted by Crippen LogP contribution is -2.43. The number of aliphatic hydroxyl groups is 1. The molecule has 1 fully saturated rings. The van der Waals surface area contributed by atoms with Crippen LogP contribution in [0.3, 0.4) is 0 Å². The number of aromatic nitrogens is 2. The fraction of sp³-hybridized carbons (Fsp3) is 0.538. The van der Waals surface area contributed by atoms with E-state index in [-0.39, 0.29) is 18.3 Å². The Morgan fingerprint density at radius 3 is 2.86 bits per heavy atom. The molecule has 1 aliphatic heterocycles. The largest absolute Gasteiger partial charge is 0.497 e. The maximum atomic E-state index is 13.2. The van der Waals surface area contributed by atoms with Crippen molar-refractivity contribution in [3.8, 4) is 16.9 Å². The second kappa shape index (κ2) is 12.8. The molecule has 0 spiro atoms. The van der Waals surface area contributed by atoms with Gasteiger partial charge in [0.2, 0.25) is 0 Å². The average Bonchev–Trinajstić information content (AvgIpc) is 3.31. The van der Waals surface area contributed by atoms with E-state index in [1.165, 1.54) is 11.3 Å². The van der Waals surface area contributed by atoms with Crippen molar-refractivity contribution in [1.29, 1.82) is 0 Å². The lowest BCUT2D eigenvalue weighted by atomic mass is 10.1. The molecule has 2 aromatic heterocycles. The molecule has 1 unspecified atom stereocenters. The maximum Gasteiger partial charge on any atom is 0.260 e. The van der Waals surface area contributed by atoms with Gasteiger partial charge in [-0.2, -0.15) is 0 Å². The van der Waals surface area contributed by atoms with E-state index in [4.69, 9.17) is 19.2 Å². The third kappa shape index (κ3) is 7.12. The van der Waals surface area contributed by atoms with Crippen molar-refractivity contribution in [2.45, 2.75) is 32.6 Å². The maximum absolute atomic E-state index is 13.2. The summed E-state index contributed by atoms with van der Waals surface area (Å²) in [5.41, 5.74) is 1.60. The first-order chi connectivity index (χ1) is 17.4. The number of hydrogen-bond donors (Lipinski definition) is 2. The zero-order chi connectivity index (χ0) is 25.5. The highest BCUT2D eigenvalue weighted by molar-refractivity contribution is 7.17. The molecule has 3 heterocycles. The van der Waals surface area contributed by atoms with Crippen LogP contribution in [0.4, 0.5) is 0 Å². The Hall–Kier alpha value is -2.34. The lowest BCUT2D eigenvalue weighted by Gasteiger charge is -2.30. The number of H-pyrrole nitrogens is 1. The zero-order valence-electron chi connectivity index (χ0n) is 21.2. The summed E-state index contributed by atoms with van der Waals surface area (Å²) in [7, 11) is 1.63. The number of aromatic amines is 1. The van der Waals surface area contributed by atoms with Crippen LogP contribution in [0, 0.1) is 0 Å². The summed E-state index contributed by atoms with van der Waals surface area (Å²) in [4.78, 5) is 26.1. The van der Waals surface area contributed by atoms with Crippen LogP contribution in [0.5, 0.6) is 5.75 Å². The van der Waals surface area contributed by atoms with Crippen LogP contribution in [-0.2, 0) is 16.0 Å². The van der Waals surface area contributed by atoms with Crippen molar-refractivity contribution < 1.29 is 19.3 Å². The Labute approximate surface area is 215 Å². The summed E-state index contributed by atoms with van der Waals surface area (Å²) in [5.74, 6) is 1.33. The molecule has 1 aliphatic rings. The number of methoxy groups -OCH3 is 1. The highest BCUT2D eigenvalue weighted by Crippen LogP contribution is 2.32. The van der Waals surface area contributed by atoms with Gasteiger partial charge in [-0.25, -0.2) is 4.98 Å². The van der Waals surface area contributed by atoms with Gasteiger partial charge < -0.3 is 24.3 Å². The van der Waals surface area contributed by atoms with Crippen molar-refractivity contribution >= 4 is 21.6 Å². The van der Waals surface area contributed by atoms with E-state index in [0.29, 0.717) is 29.1 Å². The number of nitrogens with zero attached hydrogens (tertiary/aromatic N) is 3. The van der Waals surface area contributed by atoms with Crippen LogP contribution in [0.1, 0.15) is 19.7 Å². The molecule has 0 bridgehead atoms. The number of benzene rings is 1. The molecule has 196 valence electrons. The van der Waals surface area contributed by atoms with Crippen LogP contribution in [0.2, 0.25) is 0 Å². The van der Waals surface area contributed by atoms with Gasteiger partial charge in [0.15, 0.2) is 0 Å². The molecule has 0 aliphatic carbocycles. The molecule has 1 aromatic carbocycles. The smallest absolute Gasteiger partial charge is 0.260 e.